The number of carbonyl (C=O) groups excluding carboxylic acids is 3. The summed E-state index contributed by atoms with van der Waals surface area (Å²) in [6.45, 7) is 7.79. The molecular formula is C21H28O5. The highest BCUT2D eigenvalue weighted by molar-refractivity contribution is 6.04. The molecule has 1 spiro atoms. The zero-order chi connectivity index (χ0) is 19.1. The monoisotopic (exact) mass is 360 g/mol. The summed E-state index contributed by atoms with van der Waals surface area (Å²) < 4.78 is 5.08. The summed E-state index contributed by atoms with van der Waals surface area (Å²) >= 11 is 0. The van der Waals surface area contributed by atoms with Crippen molar-refractivity contribution in [2.75, 3.05) is 7.11 Å². The number of ketones is 2. The van der Waals surface area contributed by atoms with Crippen molar-refractivity contribution >= 4 is 17.5 Å². The molecule has 4 fully saturated rings. The van der Waals surface area contributed by atoms with E-state index in [2.05, 4.69) is 6.58 Å². The molecule has 0 radical (unpaired) electrons. The van der Waals surface area contributed by atoms with Crippen LogP contribution in [-0.2, 0) is 19.1 Å². The molecule has 7 atom stereocenters. The Bertz CT molecular complexity index is 726. The molecule has 0 unspecified atom stereocenters. The van der Waals surface area contributed by atoms with Gasteiger partial charge in [-0.2, -0.15) is 0 Å². The number of Topliss-reactive ketones (excluding diaryl/α,β-unsaturated/α-hetero) is 2. The summed E-state index contributed by atoms with van der Waals surface area (Å²) in [5.41, 5.74) is -1.87. The molecule has 5 heteroatoms. The first-order valence-electron chi connectivity index (χ1n) is 9.67. The van der Waals surface area contributed by atoms with Crippen LogP contribution in [0.3, 0.4) is 0 Å². The van der Waals surface area contributed by atoms with E-state index < -0.39 is 22.3 Å². The van der Waals surface area contributed by atoms with E-state index in [0.717, 1.165) is 12.8 Å². The van der Waals surface area contributed by atoms with Gasteiger partial charge < -0.3 is 9.84 Å². The van der Waals surface area contributed by atoms with Crippen LogP contribution in [0, 0.1) is 34.0 Å². The van der Waals surface area contributed by atoms with Crippen molar-refractivity contribution in [3.05, 3.63) is 12.2 Å². The van der Waals surface area contributed by atoms with Gasteiger partial charge in [0.15, 0.2) is 5.78 Å². The molecule has 0 aromatic carbocycles. The number of esters is 1. The number of hydrogen-bond acceptors (Lipinski definition) is 5. The summed E-state index contributed by atoms with van der Waals surface area (Å²) in [7, 11) is 1.37. The minimum Gasteiger partial charge on any atom is -0.469 e. The Morgan fingerprint density at radius 3 is 2.58 bits per heavy atom. The third kappa shape index (κ3) is 1.78. The molecule has 0 saturated heterocycles. The minimum absolute atomic E-state index is 0.0460. The highest BCUT2D eigenvalue weighted by Gasteiger charge is 2.73. The van der Waals surface area contributed by atoms with Crippen LogP contribution in [-0.4, -0.2) is 35.9 Å². The average molecular weight is 360 g/mol. The standard InChI is InChI=1S/C21H28O5/c1-11-12-5-6-13-20(3)14(9-16(23)21(13,10-12)17(11)24)19(2,18(25)26-4)8-7-15(20)22/h12-14,16,23H,1,5-10H2,2-4H3/t12-,13-,14+,16-,19+,20-,21+/m0/s1. The molecule has 4 rings (SSSR count). The second-order valence-corrected chi connectivity index (χ2v) is 9.34. The third-order valence-corrected chi connectivity index (χ3v) is 8.61. The third-order valence-electron chi connectivity index (χ3n) is 8.61. The number of hydrogen-bond donors (Lipinski definition) is 1. The predicted molar refractivity (Wildman–Crippen MR) is 94.0 cm³/mol. The lowest BCUT2D eigenvalue weighted by molar-refractivity contribution is -0.205. The van der Waals surface area contributed by atoms with Crippen molar-refractivity contribution in [3.63, 3.8) is 0 Å². The first-order chi connectivity index (χ1) is 12.1. The molecule has 0 aromatic heterocycles. The summed E-state index contributed by atoms with van der Waals surface area (Å²) in [4.78, 5) is 39.0. The van der Waals surface area contributed by atoms with E-state index in [-0.39, 0.29) is 41.7 Å². The molecule has 4 saturated carbocycles. The number of aliphatic hydroxyl groups is 1. The molecule has 0 aliphatic heterocycles. The maximum Gasteiger partial charge on any atom is 0.311 e. The Labute approximate surface area is 154 Å². The molecule has 5 nitrogen and oxygen atoms in total. The maximum atomic E-state index is 13.2. The fourth-order valence-electron chi connectivity index (χ4n) is 7.19. The number of methoxy groups -OCH3 is 1. The van der Waals surface area contributed by atoms with Crippen LogP contribution in [0.25, 0.3) is 0 Å². The van der Waals surface area contributed by atoms with Crippen molar-refractivity contribution in [3.8, 4) is 0 Å². The van der Waals surface area contributed by atoms with Crippen LogP contribution < -0.4 is 0 Å². The van der Waals surface area contributed by atoms with Crippen molar-refractivity contribution in [1.29, 1.82) is 0 Å². The van der Waals surface area contributed by atoms with Gasteiger partial charge in [0.1, 0.15) is 5.78 Å². The van der Waals surface area contributed by atoms with Crippen LogP contribution >= 0.6 is 0 Å². The predicted octanol–water partition coefficient (Wildman–Crippen LogP) is 2.46. The Kier molecular flexibility index (Phi) is 3.63. The zero-order valence-electron chi connectivity index (χ0n) is 15.8. The molecule has 0 aromatic rings. The molecule has 142 valence electrons. The summed E-state index contributed by atoms with van der Waals surface area (Å²) in [5.74, 6) is -0.658. The Hall–Kier alpha value is -1.49. The lowest BCUT2D eigenvalue weighted by Crippen LogP contribution is -2.67. The Morgan fingerprint density at radius 2 is 1.92 bits per heavy atom. The van der Waals surface area contributed by atoms with E-state index in [1.807, 2.05) is 13.8 Å². The maximum absolute atomic E-state index is 13.2. The number of ether oxygens (including phenoxy) is 1. The number of aliphatic hydroxyl groups excluding tert-OH is 1. The summed E-state index contributed by atoms with van der Waals surface area (Å²) in [6.07, 6.45) is 2.36. The van der Waals surface area contributed by atoms with Gasteiger partial charge in [0, 0.05) is 11.8 Å². The zero-order valence-corrected chi connectivity index (χ0v) is 15.8. The van der Waals surface area contributed by atoms with Gasteiger partial charge in [-0.3, -0.25) is 14.4 Å². The van der Waals surface area contributed by atoms with Gasteiger partial charge in [-0.15, -0.1) is 0 Å². The van der Waals surface area contributed by atoms with E-state index in [0.29, 0.717) is 24.8 Å². The number of fused-ring (bicyclic) bond motifs is 3. The lowest BCUT2D eigenvalue weighted by Gasteiger charge is -2.62. The quantitative estimate of drug-likeness (QED) is 0.574. The summed E-state index contributed by atoms with van der Waals surface area (Å²) in [5, 5.41) is 11.2. The first-order valence-corrected chi connectivity index (χ1v) is 9.67. The van der Waals surface area contributed by atoms with Gasteiger partial charge in [0.05, 0.1) is 24.0 Å². The van der Waals surface area contributed by atoms with E-state index in [9.17, 15) is 19.5 Å². The highest BCUT2D eigenvalue weighted by Crippen LogP contribution is 2.70. The fourth-order valence-corrected chi connectivity index (χ4v) is 7.19. The van der Waals surface area contributed by atoms with Gasteiger partial charge in [-0.05, 0) is 62.4 Å². The van der Waals surface area contributed by atoms with E-state index in [1.165, 1.54) is 7.11 Å². The molecule has 0 amide bonds. The second kappa shape index (κ2) is 5.28. The normalized spacial score (nSPS) is 50.2. The number of allylic oxidation sites excluding steroid dienone is 1. The van der Waals surface area contributed by atoms with Crippen molar-refractivity contribution in [1.82, 2.24) is 0 Å². The highest BCUT2D eigenvalue weighted by atomic mass is 16.5. The van der Waals surface area contributed by atoms with E-state index >= 15 is 0 Å². The van der Waals surface area contributed by atoms with Crippen molar-refractivity contribution in [2.24, 2.45) is 34.0 Å². The molecule has 4 aliphatic carbocycles. The average Bonchev–Trinajstić information content (AvgIpc) is 2.82. The van der Waals surface area contributed by atoms with E-state index in [1.54, 1.807) is 0 Å². The molecule has 2 bridgehead atoms. The summed E-state index contributed by atoms with van der Waals surface area (Å²) in [6, 6.07) is 0. The van der Waals surface area contributed by atoms with Crippen molar-refractivity contribution < 1.29 is 24.2 Å². The fraction of sp³-hybridized carbons (Fsp3) is 0.762. The van der Waals surface area contributed by atoms with Gasteiger partial charge in [-0.25, -0.2) is 0 Å². The molecular weight excluding hydrogens is 332 g/mol. The van der Waals surface area contributed by atoms with Gasteiger partial charge in [-0.1, -0.05) is 13.5 Å². The molecule has 1 N–H and O–H groups in total. The molecule has 4 aliphatic rings. The minimum atomic E-state index is -0.894. The van der Waals surface area contributed by atoms with Crippen LogP contribution in [0.4, 0.5) is 0 Å². The largest absolute Gasteiger partial charge is 0.469 e. The van der Waals surface area contributed by atoms with Crippen LogP contribution in [0.2, 0.25) is 0 Å². The first kappa shape index (κ1) is 17.9. The van der Waals surface area contributed by atoms with Crippen LogP contribution in [0.1, 0.15) is 52.4 Å². The van der Waals surface area contributed by atoms with Crippen LogP contribution in [0.15, 0.2) is 12.2 Å². The van der Waals surface area contributed by atoms with Crippen molar-refractivity contribution in [2.45, 2.75) is 58.5 Å². The topological polar surface area (TPSA) is 80.7 Å². The van der Waals surface area contributed by atoms with E-state index in [4.69, 9.17) is 4.74 Å². The smallest absolute Gasteiger partial charge is 0.311 e. The Balaban J connectivity index is 1.87. The SMILES string of the molecule is C=C1C(=O)[C@]23C[C@@H]1CC[C@H]2[C@]1(C)C(=O)CC[C@@](C)(C(=O)OC)[C@H]1C[C@@H]3O. The van der Waals surface area contributed by atoms with Gasteiger partial charge in [0.25, 0.3) is 0 Å². The lowest BCUT2D eigenvalue weighted by atomic mass is 9.39. The second-order valence-electron chi connectivity index (χ2n) is 9.34. The van der Waals surface area contributed by atoms with Crippen LogP contribution in [0.5, 0.6) is 0 Å². The van der Waals surface area contributed by atoms with Gasteiger partial charge in [0.2, 0.25) is 0 Å². The number of rotatable bonds is 1. The Morgan fingerprint density at radius 1 is 1.23 bits per heavy atom. The van der Waals surface area contributed by atoms with Gasteiger partial charge >= 0.3 is 5.97 Å². The molecule has 0 heterocycles. The number of carbonyl (C=O) groups is 3. The molecule has 26 heavy (non-hydrogen) atoms.